The first-order valence-electron chi connectivity index (χ1n) is 4.95. The van der Waals surface area contributed by atoms with Gasteiger partial charge in [0, 0.05) is 12.1 Å². The molecule has 2 rings (SSSR count). The van der Waals surface area contributed by atoms with E-state index >= 15 is 0 Å². The van der Waals surface area contributed by atoms with E-state index in [9.17, 15) is 27.0 Å². The summed E-state index contributed by atoms with van der Waals surface area (Å²) in [5, 5.41) is 18.9. The minimum Gasteiger partial charge on any atom is -0.507 e. The maximum atomic E-state index is 11.0. The predicted molar refractivity (Wildman–Crippen MR) is 74.1 cm³/mol. The molecule has 0 aliphatic carbocycles. The van der Waals surface area contributed by atoms with Crippen LogP contribution in [0, 0.1) is 0 Å². The Morgan fingerprint density at radius 3 is 1.27 bits per heavy atom. The molecule has 0 saturated carbocycles. The van der Waals surface area contributed by atoms with E-state index in [0.717, 1.165) is 12.1 Å². The number of rotatable bonds is 2. The molecule has 2 aromatic rings. The fourth-order valence-corrected chi connectivity index (χ4v) is 2.79. The molecule has 2 aromatic carbocycles. The number of phenolic OH excluding ortho intramolecular Hbond substituents is 2. The Morgan fingerprint density at radius 2 is 1.00 bits per heavy atom. The SMILES string of the molecule is O.O.O=S(=O)(O)c1cc(O)c2c(O)cc(S(=O)(=O)O)cc2c1. The summed E-state index contributed by atoms with van der Waals surface area (Å²) in [6.07, 6.45) is 0. The van der Waals surface area contributed by atoms with Gasteiger partial charge in [-0.15, -0.1) is 0 Å². The van der Waals surface area contributed by atoms with Gasteiger partial charge < -0.3 is 21.2 Å². The van der Waals surface area contributed by atoms with Crippen LogP contribution >= 0.6 is 0 Å². The third-order valence-corrected chi connectivity index (χ3v) is 4.21. The van der Waals surface area contributed by atoms with Crippen molar-refractivity contribution in [3.05, 3.63) is 24.3 Å². The van der Waals surface area contributed by atoms with Crippen molar-refractivity contribution in [2.24, 2.45) is 0 Å². The molecule has 0 amide bonds. The largest absolute Gasteiger partial charge is 0.507 e. The molecule has 0 aromatic heterocycles. The first-order chi connectivity index (χ1) is 9.00. The molecule has 8 N–H and O–H groups in total. The van der Waals surface area contributed by atoms with Gasteiger partial charge in [-0.25, -0.2) is 0 Å². The molecular formula is C10H12O10S2. The fraction of sp³-hybridized carbons (Fsp3) is 0. The van der Waals surface area contributed by atoms with Gasteiger partial charge in [-0.2, -0.15) is 16.8 Å². The van der Waals surface area contributed by atoms with Crippen LogP contribution in [0.1, 0.15) is 0 Å². The number of fused-ring (bicyclic) bond motifs is 1. The van der Waals surface area contributed by atoms with Gasteiger partial charge in [0.1, 0.15) is 11.5 Å². The Balaban J connectivity index is 0.00000220. The highest BCUT2D eigenvalue weighted by atomic mass is 32.2. The van der Waals surface area contributed by atoms with E-state index in [1.807, 2.05) is 0 Å². The number of benzene rings is 2. The highest BCUT2D eigenvalue weighted by Gasteiger charge is 2.19. The second-order valence-electron chi connectivity index (χ2n) is 3.93. The Kier molecular flexibility index (Phi) is 5.50. The van der Waals surface area contributed by atoms with Crippen molar-refractivity contribution in [1.29, 1.82) is 0 Å². The molecule has 0 saturated heterocycles. The lowest BCUT2D eigenvalue weighted by molar-refractivity contribution is 0.456. The van der Waals surface area contributed by atoms with Crippen molar-refractivity contribution in [2.75, 3.05) is 0 Å². The fourth-order valence-electron chi connectivity index (χ4n) is 1.71. The Bertz CT molecular complexity index is 842. The minimum absolute atomic E-state index is 0. The Morgan fingerprint density at radius 1 is 0.682 bits per heavy atom. The van der Waals surface area contributed by atoms with E-state index in [2.05, 4.69) is 0 Å². The summed E-state index contributed by atoms with van der Waals surface area (Å²) in [6.45, 7) is 0. The molecule has 0 aliphatic heterocycles. The molecule has 0 heterocycles. The average molecular weight is 356 g/mol. The third-order valence-electron chi connectivity index (χ3n) is 2.55. The lowest BCUT2D eigenvalue weighted by atomic mass is 10.1. The second-order valence-corrected chi connectivity index (χ2v) is 6.78. The van der Waals surface area contributed by atoms with Crippen LogP contribution < -0.4 is 0 Å². The lowest BCUT2D eigenvalue weighted by Crippen LogP contribution is -2.00. The van der Waals surface area contributed by atoms with E-state index in [1.54, 1.807) is 0 Å². The van der Waals surface area contributed by atoms with Crippen molar-refractivity contribution in [3.8, 4) is 11.5 Å². The summed E-state index contributed by atoms with van der Waals surface area (Å²) in [4.78, 5) is -1.37. The monoisotopic (exact) mass is 356 g/mol. The highest BCUT2D eigenvalue weighted by molar-refractivity contribution is 7.86. The molecule has 12 heteroatoms. The molecule has 0 aliphatic rings. The zero-order valence-corrected chi connectivity index (χ0v) is 12.2. The summed E-state index contributed by atoms with van der Waals surface area (Å²) in [6, 6.07) is 3.09. The Labute approximate surface area is 124 Å². The molecule has 0 radical (unpaired) electrons. The summed E-state index contributed by atoms with van der Waals surface area (Å²) in [7, 11) is -9.26. The number of hydrogen-bond acceptors (Lipinski definition) is 6. The number of phenols is 2. The van der Waals surface area contributed by atoms with E-state index in [0.29, 0.717) is 12.1 Å². The smallest absolute Gasteiger partial charge is 0.294 e. The van der Waals surface area contributed by atoms with Crippen LogP contribution in [0.5, 0.6) is 11.5 Å². The molecule has 0 fully saturated rings. The van der Waals surface area contributed by atoms with Crippen molar-refractivity contribution in [3.63, 3.8) is 0 Å². The molecule has 10 nitrogen and oxygen atoms in total. The van der Waals surface area contributed by atoms with E-state index in [-0.39, 0.29) is 21.7 Å². The predicted octanol–water partition coefficient (Wildman–Crippen LogP) is -0.905. The summed E-state index contributed by atoms with van der Waals surface area (Å²) >= 11 is 0. The van der Waals surface area contributed by atoms with Crippen LogP contribution in [0.3, 0.4) is 0 Å². The molecule has 0 atom stereocenters. The summed E-state index contributed by atoms with van der Waals surface area (Å²) in [5.74, 6) is -1.34. The standard InChI is InChI=1S/C10H8O8S2.2H2O/c11-8-3-6(19(13,14)15)1-5-2-7(20(16,17)18)4-9(12)10(5)8;;/h1-4,11-12H,(H,13,14,15)(H,16,17,18);2*1H2. The molecule has 0 bridgehead atoms. The summed E-state index contributed by atoms with van der Waals surface area (Å²) < 4.78 is 61.8. The van der Waals surface area contributed by atoms with Crippen LogP contribution in [-0.4, -0.2) is 47.1 Å². The normalized spacial score (nSPS) is 11.5. The second kappa shape index (κ2) is 6.04. The third kappa shape index (κ3) is 3.62. The van der Waals surface area contributed by atoms with Gasteiger partial charge in [-0.3, -0.25) is 9.11 Å². The molecule has 0 unspecified atom stereocenters. The number of hydrogen-bond donors (Lipinski definition) is 4. The average Bonchev–Trinajstić information content (AvgIpc) is 2.25. The first kappa shape index (κ1) is 20.0. The van der Waals surface area contributed by atoms with Gasteiger partial charge in [0.05, 0.1) is 15.2 Å². The number of aromatic hydroxyl groups is 2. The Hall–Kier alpha value is -1.96. The molecule has 124 valence electrons. The van der Waals surface area contributed by atoms with Crippen molar-refractivity contribution in [1.82, 2.24) is 0 Å². The maximum Gasteiger partial charge on any atom is 0.294 e. The zero-order chi connectivity index (χ0) is 15.3. The maximum absolute atomic E-state index is 11.0. The first-order valence-corrected chi connectivity index (χ1v) is 7.83. The molecule has 22 heavy (non-hydrogen) atoms. The van der Waals surface area contributed by atoms with Crippen LogP contribution in [0.4, 0.5) is 0 Å². The minimum atomic E-state index is -4.63. The van der Waals surface area contributed by atoms with E-state index < -0.39 is 41.5 Å². The van der Waals surface area contributed by atoms with Crippen molar-refractivity contribution in [2.45, 2.75) is 9.79 Å². The zero-order valence-electron chi connectivity index (χ0n) is 10.5. The van der Waals surface area contributed by atoms with Crippen molar-refractivity contribution < 1.29 is 47.1 Å². The van der Waals surface area contributed by atoms with Crippen LogP contribution in [0.2, 0.25) is 0 Å². The van der Waals surface area contributed by atoms with Gasteiger partial charge in [0.15, 0.2) is 0 Å². The van der Waals surface area contributed by atoms with Crippen LogP contribution in [0.15, 0.2) is 34.1 Å². The van der Waals surface area contributed by atoms with Gasteiger partial charge in [-0.1, -0.05) is 0 Å². The van der Waals surface area contributed by atoms with Crippen LogP contribution in [0.25, 0.3) is 10.8 Å². The summed E-state index contributed by atoms with van der Waals surface area (Å²) in [5.41, 5.74) is 0. The van der Waals surface area contributed by atoms with Crippen LogP contribution in [-0.2, 0) is 20.2 Å². The molecule has 0 spiro atoms. The van der Waals surface area contributed by atoms with E-state index in [4.69, 9.17) is 9.11 Å². The van der Waals surface area contributed by atoms with E-state index in [1.165, 1.54) is 0 Å². The highest BCUT2D eigenvalue weighted by Crippen LogP contribution is 2.37. The van der Waals surface area contributed by atoms with Gasteiger partial charge in [-0.05, 0) is 17.5 Å². The van der Waals surface area contributed by atoms with Gasteiger partial charge in [0.2, 0.25) is 0 Å². The topological polar surface area (TPSA) is 212 Å². The molecular weight excluding hydrogens is 344 g/mol. The van der Waals surface area contributed by atoms with Gasteiger partial charge >= 0.3 is 0 Å². The van der Waals surface area contributed by atoms with Gasteiger partial charge in [0.25, 0.3) is 20.2 Å². The van der Waals surface area contributed by atoms with Crippen molar-refractivity contribution >= 4 is 31.0 Å². The lowest BCUT2D eigenvalue weighted by Gasteiger charge is -2.08. The quantitative estimate of drug-likeness (QED) is 0.493.